The van der Waals surface area contributed by atoms with Gasteiger partial charge >= 0.3 is 5.97 Å². The Balaban J connectivity index is 2.48. The van der Waals surface area contributed by atoms with Crippen molar-refractivity contribution in [3.05, 3.63) is 6.42 Å². The van der Waals surface area contributed by atoms with Crippen molar-refractivity contribution >= 4 is 17.8 Å². The molecule has 5 heteroatoms. The summed E-state index contributed by atoms with van der Waals surface area (Å²) in [5, 5.41) is 0.536. The van der Waals surface area contributed by atoms with Crippen LogP contribution >= 0.6 is 0 Å². The van der Waals surface area contributed by atoms with Gasteiger partial charge in [0.15, 0.2) is 0 Å². The first-order valence-electron chi connectivity index (χ1n) is 4.06. The molecule has 0 aromatic heterocycles. The van der Waals surface area contributed by atoms with Gasteiger partial charge in [-0.2, -0.15) is 0 Å². The summed E-state index contributed by atoms with van der Waals surface area (Å²) in [5.41, 5.74) is 0. The Hall–Kier alpha value is -1.39. The Morgan fingerprint density at radius 1 is 1.46 bits per heavy atom. The van der Waals surface area contributed by atoms with Crippen molar-refractivity contribution in [1.29, 1.82) is 0 Å². The summed E-state index contributed by atoms with van der Waals surface area (Å²) in [6, 6.07) is 0. The number of imide groups is 1. The second-order valence-corrected chi connectivity index (χ2v) is 2.60. The first-order chi connectivity index (χ1) is 6.15. The largest absolute Gasteiger partial charge is 0.337 e. The number of carbonyl (C=O) groups excluding carboxylic acids is 3. The second kappa shape index (κ2) is 4.02. The molecule has 1 heterocycles. The summed E-state index contributed by atoms with van der Waals surface area (Å²) in [6.45, 7) is 1.76. The molecule has 0 aliphatic carbocycles. The van der Waals surface area contributed by atoms with E-state index >= 15 is 0 Å². The fraction of sp³-hybridized carbons (Fsp3) is 0.500. The summed E-state index contributed by atoms with van der Waals surface area (Å²) in [5.74, 6) is -1.57. The van der Waals surface area contributed by atoms with Crippen LogP contribution in [0, 0.1) is 6.42 Å². The van der Waals surface area contributed by atoms with E-state index in [0.717, 1.165) is 0 Å². The average Bonchev–Trinajstić information content (AvgIpc) is 2.36. The van der Waals surface area contributed by atoms with Crippen molar-refractivity contribution in [1.82, 2.24) is 5.06 Å². The van der Waals surface area contributed by atoms with E-state index < -0.39 is 17.8 Å². The van der Waals surface area contributed by atoms with Crippen molar-refractivity contribution in [3.8, 4) is 0 Å². The van der Waals surface area contributed by atoms with Crippen LogP contribution in [0.2, 0.25) is 0 Å². The molecule has 0 saturated carbocycles. The van der Waals surface area contributed by atoms with E-state index in [9.17, 15) is 14.4 Å². The predicted octanol–water partition coefficient (Wildman–Crippen LogP) is 0.208. The van der Waals surface area contributed by atoms with E-state index in [1.165, 1.54) is 6.42 Å². The maximum atomic E-state index is 10.9. The third kappa shape index (κ3) is 2.27. The van der Waals surface area contributed by atoms with Crippen molar-refractivity contribution < 1.29 is 19.2 Å². The lowest BCUT2D eigenvalue weighted by molar-refractivity contribution is -0.194. The summed E-state index contributed by atoms with van der Waals surface area (Å²) in [7, 11) is 0. The van der Waals surface area contributed by atoms with Gasteiger partial charge < -0.3 is 4.84 Å². The minimum atomic E-state index is -0.661. The number of amides is 2. The standard InChI is InChI=1S/C8H10NO4/c1-2-3-8(12)13-9-6(10)4-5-7(9)11/h3H,2,4-5H2,1H3. The topological polar surface area (TPSA) is 63.7 Å². The molecule has 0 atom stereocenters. The van der Waals surface area contributed by atoms with Crippen LogP contribution in [0.1, 0.15) is 26.2 Å². The Bertz CT molecular complexity index is 233. The zero-order valence-electron chi connectivity index (χ0n) is 7.28. The van der Waals surface area contributed by atoms with Crippen molar-refractivity contribution in [2.24, 2.45) is 0 Å². The number of hydroxylamine groups is 2. The summed E-state index contributed by atoms with van der Waals surface area (Å²) < 4.78 is 0. The lowest BCUT2D eigenvalue weighted by atomic mass is 10.3. The van der Waals surface area contributed by atoms with E-state index in [4.69, 9.17) is 0 Å². The molecule has 1 fully saturated rings. The molecule has 71 valence electrons. The Kier molecular flexibility index (Phi) is 3.00. The number of nitrogens with zero attached hydrogens (tertiary/aromatic N) is 1. The Labute approximate surface area is 75.6 Å². The van der Waals surface area contributed by atoms with E-state index in [1.54, 1.807) is 6.92 Å². The second-order valence-electron chi connectivity index (χ2n) is 2.60. The quantitative estimate of drug-likeness (QED) is 0.588. The number of hydrogen-bond acceptors (Lipinski definition) is 4. The van der Waals surface area contributed by atoms with Crippen LogP contribution < -0.4 is 0 Å². The van der Waals surface area contributed by atoms with Gasteiger partial charge in [-0.15, -0.1) is 5.06 Å². The van der Waals surface area contributed by atoms with Crippen LogP contribution in [0.3, 0.4) is 0 Å². The molecule has 1 aliphatic rings. The van der Waals surface area contributed by atoms with Crippen LogP contribution in [-0.4, -0.2) is 22.8 Å². The first-order valence-corrected chi connectivity index (χ1v) is 4.06. The summed E-state index contributed by atoms with van der Waals surface area (Å²) >= 11 is 0. The highest BCUT2D eigenvalue weighted by molar-refractivity contribution is 6.01. The molecule has 13 heavy (non-hydrogen) atoms. The van der Waals surface area contributed by atoms with Crippen LogP contribution in [0.15, 0.2) is 0 Å². The molecule has 0 bridgehead atoms. The molecule has 1 rings (SSSR count). The maximum absolute atomic E-state index is 10.9. The molecule has 0 aromatic rings. The minimum Gasteiger partial charge on any atom is -0.330 e. The van der Waals surface area contributed by atoms with Gasteiger partial charge in [0.2, 0.25) is 0 Å². The van der Waals surface area contributed by atoms with Gasteiger partial charge in [-0.1, -0.05) is 6.92 Å². The molecule has 1 aliphatic heterocycles. The lowest BCUT2D eigenvalue weighted by Crippen LogP contribution is -2.32. The van der Waals surface area contributed by atoms with Crippen molar-refractivity contribution in [2.75, 3.05) is 0 Å². The number of carbonyl (C=O) groups is 3. The monoisotopic (exact) mass is 184 g/mol. The molecule has 0 spiro atoms. The smallest absolute Gasteiger partial charge is 0.330 e. The van der Waals surface area contributed by atoms with Gasteiger partial charge in [-0.05, 0) is 6.42 Å². The minimum absolute atomic E-state index is 0.123. The molecule has 1 radical (unpaired) electrons. The molecule has 2 amide bonds. The molecule has 1 saturated heterocycles. The van der Waals surface area contributed by atoms with Gasteiger partial charge in [0.25, 0.3) is 11.8 Å². The SMILES string of the molecule is CC[CH]C(=O)ON1C(=O)CCC1=O. The number of hydrogen-bond donors (Lipinski definition) is 0. The Morgan fingerprint density at radius 3 is 2.46 bits per heavy atom. The molecular formula is C8H10NO4. The van der Waals surface area contributed by atoms with Crippen LogP contribution in [0.25, 0.3) is 0 Å². The fourth-order valence-electron chi connectivity index (χ4n) is 0.952. The predicted molar refractivity (Wildman–Crippen MR) is 41.8 cm³/mol. The molecule has 0 aromatic carbocycles. The van der Waals surface area contributed by atoms with Crippen LogP contribution in [0.4, 0.5) is 0 Å². The van der Waals surface area contributed by atoms with Crippen molar-refractivity contribution in [2.45, 2.75) is 26.2 Å². The average molecular weight is 184 g/mol. The van der Waals surface area contributed by atoms with Gasteiger partial charge in [-0.25, -0.2) is 4.79 Å². The number of rotatable bonds is 3. The third-order valence-electron chi connectivity index (χ3n) is 1.56. The zero-order chi connectivity index (χ0) is 9.84. The molecule has 0 unspecified atom stereocenters. The van der Waals surface area contributed by atoms with Crippen LogP contribution in [-0.2, 0) is 19.2 Å². The van der Waals surface area contributed by atoms with E-state index in [0.29, 0.717) is 11.5 Å². The lowest BCUT2D eigenvalue weighted by Gasteiger charge is -2.11. The third-order valence-corrected chi connectivity index (χ3v) is 1.56. The van der Waals surface area contributed by atoms with Gasteiger partial charge in [0.05, 0.1) is 6.42 Å². The van der Waals surface area contributed by atoms with E-state index in [1.807, 2.05) is 0 Å². The summed E-state index contributed by atoms with van der Waals surface area (Å²) in [4.78, 5) is 37.3. The maximum Gasteiger partial charge on any atom is 0.337 e. The van der Waals surface area contributed by atoms with E-state index in [-0.39, 0.29) is 12.8 Å². The Morgan fingerprint density at radius 2 is 2.00 bits per heavy atom. The van der Waals surface area contributed by atoms with Gasteiger partial charge in [-0.3, -0.25) is 9.59 Å². The zero-order valence-corrected chi connectivity index (χ0v) is 7.28. The van der Waals surface area contributed by atoms with Gasteiger partial charge in [0, 0.05) is 12.8 Å². The molecule has 5 nitrogen and oxygen atoms in total. The highest BCUT2D eigenvalue weighted by atomic mass is 16.7. The van der Waals surface area contributed by atoms with Gasteiger partial charge in [0.1, 0.15) is 0 Å². The van der Waals surface area contributed by atoms with Crippen LogP contribution in [0.5, 0.6) is 0 Å². The first kappa shape index (κ1) is 9.70. The highest BCUT2D eigenvalue weighted by Crippen LogP contribution is 2.12. The summed E-state index contributed by atoms with van der Waals surface area (Å²) in [6.07, 6.45) is 2.02. The molecular weight excluding hydrogens is 174 g/mol. The van der Waals surface area contributed by atoms with Crippen molar-refractivity contribution in [3.63, 3.8) is 0 Å². The highest BCUT2D eigenvalue weighted by Gasteiger charge is 2.32. The molecule has 0 N–H and O–H groups in total. The normalized spacial score (nSPS) is 16.5. The van der Waals surface area contributed by atoms with E-state index in [2.05, 4.69) is 4.84 Å². The fourth-order valence-corrected chi connectivity index (χ4v) is 0.952.